The van der Waals surface area contributed by atoms with E-state index in [4.69, 9.17) is 16.3 Å². The van der Waals surface area contributed by atoms with Gasteiger partial charge in [0.1, 0.15) is 5.38 Å². The van der Waals surface area contributed by atoms with E-state index in [1.807, 2.05) is 0 Å². The number of alkyl halides is 1. The van der Waals surface area contributed by atoms with E-state index in [9.17, 15) is 4.79 Å². The predicted octanol–water partition coefficient (Wildman–Crippen LogP) is 4.15. The highest BCUT2D eigenvalue weighted by molar-refractivity contribution is 6.29. The van der Waals surface area contributed by atoms with Crippen LogP contribution in [0.25, 0.3) is 0 Å². The molecule has 0 heterocycles. The van der Waals surface area contributed by atoms with Gasteiger partial charge >= 0.3 is 5.97 Å². The van der Waals surface area contributed by atoms with Crippen LogP contribution in [0.1, 0.15) is 59.3 Å². The molecule has 0 fully saturated rings. The maximum atomic E-state index is 11.0. The highest BCUT2D eigenvalue weighted by Crippen LogP contribution is 2.10. The molecule has 0 N–H and O–H groups in total. The Bertz CT molecular complexity index is 179. The molecule has 1 unspecified atom stereocenters. The summed E-state index contributed by atoms with van der Waals surface area (Å²) in [4.78, 5) is 11.0. The Labute approximate surface area is 105 Å². The van der Waals surface area contributed by atoms with Crippen molar-refractivity contribution in [3.63, 3.8) is 0 Å². The van der Waals surface area contributed by atoms with E-state index in [1.54, 1.807) is 6.92 Å². The monoisotopic (exact) mass is 248 g/mol. The number of carbonyl (C=O) groups excluding carboxylic acids is 1. The van der Waals surface area contributed by atoms with Gasteiger partial charge in [-0.2, -0.15) is 0 Å². The molecule has 0 amide bonds. The third kappa shape index (κ3) is 10.3. The molecule has 3 heteroatoms. The molecule has 0 radical (unpaired) electrons. The van der Waals surface area contributed by atoms with Gasteiger partial charge in [0.2, 0.25) is 0 Å². The normalized spacial score (nSPS) is 12.8. The fourth-order valence-corrected chi connectivity index (χ4v) is 1.54. The molecule has 0 spiro atoms. The van der Waals surface area contributed by atoms with Crippen molar-refractivity contribution in [3.8, 4) is 0 Å². The summed E-state index contributed by atoms with van der Waals surface area (Å²) < 4.78 is 4.98. The molecule has 2 nitrogen and oxygen atoms in total. The Kier molecular flexibility index (Phi) is 9.80. The van der Waals surface area contributed by atoms with Crippen molar-refractivity contribution in [2.45, 2.75) is 64.7 Å². The lowest BCUT2D eigenvalue weighted by molar-refractivity contribution is -0.142. The van der Waals surface area contributed by atoms with Crippen molar-refractivity contribution in [1.29, 1.82) is 0 Å². The number of carbonyl (C=O) groups is 1. The van der Waals surface area contributed by atoms with Crippen molar-refractivity contribution in [3.05, 3.63) is 0 Å². The number of rotatable bonds is 9. The first-order valence-corrected chi connectivity index (χ1v) is 6.78. The van der Waals surface area contributed by atoms with Crippen molar-refractivity contribution < 1.29 is 9.53 Å². The van der Waals surface area contributed by atoms with E-state index in [0.29, 0.717) is 6.61 Å². The summed E-state index contributed by atoms with van der Waals surface area (Å²) >= 11 is 5.56. The van der Waals surface area contributed by atoms with Crippen LogP contribution in [0, 0.1) is 5.92 Å². The van der Waals surface area contributed by atoms with Crippen LogP contribution in [-0.4, -0.2) is 18.0 Å². The summed E-state index contributed by atoms with van der Waals surface area (Å²) in [5, 5.41) is -0.522. The first kappa shape index (κ1) is 15.8. The first-order valence-electron chi connectivity index (χ1n) is 6.34. The van der Waals surface area contributed by atoms with Crippen LogP contribution in [0.4, 0.5) is 0 Å². The molecule has 16 heavy (non-hydrogen) atoms. The predicted molar refractivity (Wildman–Crippen MR) is 68.8 cm³/mol. The number of halogens is 1. The van der Waals surface area contributed by atoms with Gasteiger partial charge in [-0.05, 0) is 19.3 Å². The summed E-state index contributed by atoms with van der Waals surface area (Å²) in [6.07, 6.45) is 7.26. The lowest BCUT2D eigenvalue weighted by Gasteiger charge is -2.06. The van der Waals surface area contributed by atoms with Gasteiger partial charge in [0.05, 0.1) is 6.61 Å². The van der Waals surface area contributed by atoms with E-state index < -0.39 is 5.38 Å². The van der Waals surface area contributed by atoms with E-state index in [-0.39, 0.29) is 5.97 Å². The zero-order valence-electron chi connectivity index (χ0n) is 10.8. The Hall–Kier alpha value is -0.240. The zero-order chi connectivity index (χ0) is 12.4. The zero-order valence-corrected chi connectivity index (χ0v) is 11.6. The van der Waals surface area contributed by atoms with Crippen molar-refractivity contribution >= 4 is 17.6 Å². The van der Waals surface area contributed by atoms with E-state index in [0.717, 1.165) is 18.8 Å². The van der Waals surface area contributed by atoms with Gasteiger partial charge in [0.15, 0.2) is 0 Å². The Morgan fingerprint density at radius 3 is 2.19 bits per heavy atom. The van der Waals surface area contributed by atoms with Gasteiger partial charge in [0, 0.05) is 0 Å². The molecule has 0 aromatic carbocycles. The first-order chi connectivity index (χ1) is 7.54. The van der Waals surface area contributed by atoms with Crippen LogP contribution in [-0.2, 0) is 9.53 Å². The summed E-state index contributed by atoms with van der Waals surface area (Å²) in [5.41, 5.74) is 0. The maximum Gasteiger partial charge on any atom is 0.323 e. The Balaban J connectivity index is 3.13. The molecule has 0 aliphatic rings. The summed E-state index contributed by atoms with van der Waals surface area (Å²) in [6.45, 7) is 6.66. The second kappa shape index (κ2) is 9.95. The highest BCUT2D eigenvalue weighted by Gasteiger charge is 2.09. The van der Waals surface area contributed by atoms with Gasteiger partial charge in [-0.1, -0.05) is 46.0 Å². The largest absolute Gasteiger partial charge is 0.465 e. The topological polar surface area (TPSA) is 26.3 Å². The number of hydrogen-bond acceptors (Lipinski definition) is 2. The maximum absolute atomic E-state index is 11.0. The fraction of sp³-hybridized carbons (Fsp3) is 0.923. The Morgan fingerprint density at radius 1 is 1.06 bits per heavy atom. The molecular formula is C13H25ClO2. The number of esters is 1. The highest BCUT2D eigenvalue weighted by atomic mass is 35.5. The van der Waals surface area contributed by atoms with Crippen molar-refractivity contribution in [2.75, 3.05) is 6.61 Å². The minimum absolute atomic E-state index is 0.304. The smallest absolute Gasteiger partial charge is 0.323 e. The van der Waals surface area contributed by atoms with Gasteiger partial charge in [-0.3, -0.25) is 4.79 Å². The van der Waals surface area contributed by atoms with Crippen molar-refractivity contribution in [1.82, 2.24) is 0 Å². The third-order valence-electron chi connectivity index (χ3n) is 2.49. The molecule has 0 aliphatic carbocycles. The summed E-state index contributed by atoms with van der Waals surface area (Å²) in [7, 11) is 0. The summed E-state index contributed by atoms with van der Waals surface area (Å²) in [6, 6.07) is 0. The van der Waals surface area contributed by atoms with E-state index >= 15 is 0 Å². The van der Waals surface area contributed by atoms with Crippen LogP contribution >= 0.6 is 11.6 Å². The number of unbranched alkanes of at least 4 members (excludes halogenated alkanes) is 4. The van der Waals surface area contributed by atoms with Crippen LogP contribution in [0.15, 0.2) is 0 Å². The molecule has 0 rings (SSSR count). The molecule has 0 aliphatic heterocycles. The third-order valence-corrected chi connectivity index (χ3v) is 2.67. The number of ether oxygens (including phenoxy) is 1. The quantitative estimate of drug-likeness (QED) is 0.348. The van der Waals surface area contributed by atoms with Crippen LogP contribution < -0.4 is 0 Å². The van der Waals surface area contributed by atoms with Gasteiger partial charge in [-0.25, -0.2) is 0 Å². The SMILES string of the molecule is CC(C)CCCCCCCOC(=O)C(C)Cl. The molecule has 0 aromatic rings. The minimum atomic E-state index is -0.522. The average Bonchev–Trinajstić information content (AvgIpc) is 2.21. The average molecular weight is 249 g/mol. The van der Waals surface area contributed by atoms with E-state index in [2.05, 4.69) is 13.8 Å². The van der Waals surface area contributed by atoms with Gasteiger partial charge in [0.25, 0.3) is 0 Å². The second-order valence-electron chi connectivity index (χ2n) is 4.73. The van der Waals surface area contributed by atoms with Crippen LogP contribution in [0.5, 0.6) is 0 Å². The summed E-state index contributed by atoms with van der Waals surface area (Å²) in [5.74, 6) is 0.507. The lowest BCUT2D eigenvalue weighted by atomic mass is 10.0. The van der Waals surface area contributed by atoms with Gasteiger partial charge in [-0.15, -0.1) is 11.6 Å². The van der Waals surface area contributed by atoms with Gasteiger partial charge < -0.3 is 4.74 Å². The van der Waals surface area contributed by atoms with Crippen LogP contribution in [0.3, 0.4) is 0 Å². The molecule has 0 aromatic heterocycles. The molecular weight excluding hydrogens is 224 g/mol. The Morgan fingerprint density at radius 2 is 1.62 bits per heavy atom. The van der Waals surface area contributed by atoms with E-state index in [1.165, 1.54) is 25.7 Å². The number of hydrogen-bond donors (Lipinski definition) is 0. The molecule has 1 atom stereocenters. The minimum Gasteiger partial charge on any atom is -0.465 e. The second-order valence-corrected chi connectivity index (χ2v) is 5.39. The molecule has 0 saturated heterocycles. The molecule has 0 saturated carbocycles. The molecule has 0 bridgehead atoms. The van der Waals surface area contributed by atoms with Crippen molar-refractivity contribution in [2.24, 2.45) is 5.92 Å². The fourth-order valence-electron chi connectivity index (χ4n) is 1.47. The van der Waals surface area contributed by atoms with Crippen LogP contribution in [0.2, 0.25) is 0 Å². The standard InChI is InChI=1S/C13H25ClO2/c1-11(2)9-7-5-4-6-8-10-16-13(15)12(3)14/h11-12H,4-10H2,1-3H3. The lowest BCUT2D eigenvalue weighted by Crippen LogP contribution is -2.14. The molecule has 96 valence electrons.